The van der Waals surface area contributed by atoms with Crippen LogP contribution in [0, 0.1) is 5.92 Å². The number of hydrogen-bond acceptors (Lipinski definition) is 2. The molecule has 1 aliphatic heterocycles. The normalized spacial score (nSPS) is 22.6. The summed E-state index contributed by atoms with van der Waals surface area (Å²) in [5, 5.41) is 7.39. The highest BCUT2D eigenvalue weighted by Gasteiger charge is 2.36. The fourth-order valence-corrected chi connectivity index (χ4v) is 3.85. The second-order valence-corrected chi connectivity index (χ2v) is 7.77. The molecule has 0 amide bonds. The molecule has 0 radical (unpaired) electrons. The first-order chi connectivity index (χ1) is 8.85. The summed E-state index contributed by atoms with van der Waals surface area (Å²) in [5.74, 6) is 0.870. The molecular weight excluding hydrogens is 232 g/mol. The maximum absolute atomic E-state index is 3.77. The lowest BCUT2D eigenvalue weighted by atomic mass is 9.75. The molecule has 19 heavy (non-hydrogen) atoms. The van der Waals surface area contributed by atoms with E-state index in [1.165, 1.54) is 58.0 Å². The number of piperidine rings is 1. The van der Waals surface area contributed by atoms with E-state index >= 15 is 0 Å². The third kappa shape index (κ3) is 7.31. The van der Waals surface area contributed by atoms with Gasteiger partial charge in [0.05, 0.1) is 0 Å². The molecule has 2 N–H and O–H groups in total. The number of unbranched alkanes of at least 4 members (excludes halogenated alkanes) is 3. The zero-order chi connectivity index (χ0) is 14.4. The molecule has 0 aromatic carbocycles. The van der Waals surface area contributed by atoms with Crippen molar-refractivity contribution < 1.29 is 0 Å². The molecule has 114 valence electrons. The molecule has 1 saturated heterocycles. The van der Waals surface area contributed by atoms with Crippen LogP contribution in [0.3, 0.4) is 0 Å². The predicted molar refractivity (Wildman–Crippen MR) is 85.6 cm³/mol. The molecule has 0 atom stereocenters. The zero-order valence-corrected chi connectivity index (χ0v) is 13.9. The van der Waals surface area contributed by atoms with Gasteiger partial charge in [-0.1, -0.05) is 26.2 Å². The van der Waals surface area contributed by atoms with E-state index in [2.05, 4.69) is 45.3 Å². The largest absolute Gasteiger partial charge is 0.317 e. The zero-order valence-electron chi connectivity index (χ0n) is 13.9. The molecule has 0 spiro atoms. The Morgan fingerprint density at radius 1 is 0.947 bits per heavy atom. The minimum atomic E-state index is 0.299. The van der Waals surface area contributed by atoms with Crippen LogP contribution < -0.4 is 10.6 Å². The molecule has 2 heteroatoms. The van der Waals surface area contributed by atoms with Crippen LogP contribution in [0.15, 0.2) is 0 Å². The quantitative estimate of drug-likeness (QED) is 0.648. The summed E-state index contributed by atoms with van der Waals surface area (Å²) in [6.45, 7) is 14.1. The van der Waals surface area contributed by atoms with Gasteiger partial charge in [-0.05, 0) is 72.4 Å². The Morgan fingerprint density at radius 3 is 2.16 bits per heavy atom. The smallest absolute Gasteiger partial charge is 0.0132 e. The molecule has 1 rings (SSSR count). The van der Waals surface area contributed by atoms with Gasteiger partial charge in [0.1, 0.15) is 0 Å². The average Bonchev–Trinajstić information content (AvgIpc) is 2.23. The molecule has 0 saturated carbocycles. The predicted octanol–water partition coefficient (Wildman–Crippen LogP) is 4.10. The van der Waals surface area contributed by atoms with Crippen LogP contribution in [0.2, 0.25) is 0 Å². The maximum Gasteiger partial charge on any atom is 0.0132 e. The van der Waals surface area contributed by atoms with Crippen molar-refractivity contribution in [3.8, 4) is 0 Å². The monoisotopic (exact) mass is 268 g/mol. The van der Waals surface area contributed by atoms with E-state index in [9.17, 15) is 0 Å². The first-order valence-electron chi connectivity index (χ1n) is 8.35. The highest BCUT2D eigenvalue weighted by Crippen LogP contribution is 2.34. The summed E-state index contributed by atoms with van der Waals surface area (Å²) in [6.07, 6.45) is 9.41. The Kier molecular flexibility index (Phi) is 6.82. The first kappa shape index (κ1) is 17.0. The van der Waals surface area contributed by atoms with Crippen molar-refractivity contribution in [1.29, 1.82) is 0 Å². The number of hydrogen-bond donors (Lipinski definition) is 2. The van der Waals surface area contributed by atoms with Crippen LogP contribution in [0.25, 0.3) is 0 Å². The summed E-state index contributed by atoms with van der Waals surface area (Å²) < 4.78 is 0. The number of nitrogens with one attached hydrogen (secondary N) is 2. The lowest BCUT2D eigenvalue weighted by molar-refractivity contribution is 0.123. The third-order valence-corrected chi connectivity index (χ3v) is 4.21. The van der Waals surface area contributed by atoms with E-state index in [0.29, 0.717) is 11.1 Å². The molecule has 0 aromatic heterocycles. The van der Waals surface area contributed by atoms with Crippen molar-refractivity contribution in [3.63, 3.8) is 0 Å². The topological polar surface area (TPSA) is 24.1 Å². The van der Waals surface area contributed by atoms with Crippen LogP contribution in [0.1, 0.15) is 79.6 Å². The summed E-state index contributed by atoms with van der Waals surface area (Å²) in [6, 6.07) is 0. The van der Waals surface area contributed by atoms with Gasteiger partial charge in [0, 0.05) is 11.1 Å². The first-order valence-corrected chi connectivity index (χ1v) is 8.35. The average molecular weight is 268 g/mol. The summed E-state index contributed by atoms with van der Waals surface area (Å²) in [7, 11) is 0. The fourth-order valence-electron chi connectivity index (χ4n) is 3.85. The highest BCUT2D eigenvalue weighted by molar-refractivity contribution is 4.96. The fraction of sp³-hybridized carbons (Fsp3) is 1.00. The Morgan fingerprint density at radius 2 is 1.58 bits per heavy atom. The van der Waals surface area contributed by atoms with Gasteiger partial charge in [-0.3, -0.25) is 0 Å². The lowest BCUT2D eigenvalue weighted by Gasteiger charge is -2.46. The van der Waals surface area contributed by atoms with Crippen molar-refractivity contribution in [2.45, 2.75) is 90.6 Å². The second kappa shape index (κ2) is 7.64. The Labute approximate surface area is 121 Å². The van der Waals surface area contributed by atoms with Crippen LogP contribution >= 0.6 is 0 Å². The lowest BCUT2D eigenvalue weighted by Crippen LogP contribution is -2.57. The van der Waals surface area contributed by atoms with E-state index in [0.717, 1.165) is 5.92 Å². The van der Waals surface area contributed by atoms with Crippen LogP contribution in [0.5, 0.6) is 0 Å². The summed E-state index contributed by atoms with van der Waals surface area (Å²) in [4.78, 5) is 0. The second-order valence-electron chi connectivity index (χ2n) is 7.77. The molecule has 1 aliphatic rings. The minimum Gasteiger partial charge on any atom is -0.317 e. The molecule has 0 aromatic rings. The van der Waals surface area contributed by atoms with Gasteiger partial charge in [-0.25, -0.2) is 0 Å². The van der Waals surface area contributed by atoms with Gasteiger partial charge >= 0.3 is 0 Å². The van der Waals surface area contributed by atoms with Gasteiger partial charge in [0.25, 0.3) is 0 Å². The van der Waals surface area contributed by atoms with E-state index in [-0.39, 0.29) is 0 Å². The third-order valence-electron chi connectivity index (χ3n) is 4.21. The van der Waals surface area contributed by atoms with Crippen molar-refractivity contribution in [2.75, 3.05) is 13.1 Å². The van der Waals surface area contributed by atoms with Crippen LogP contribution in [0.4, 0.5) is 0 Å². The SMILES string of the molecule is CCCCCCNCCC1CC(C)(C)NC(C)(C)C1. The van der Waals surface area contributed by atoms with Gasteiger partial charge in [0.2, 0.25) is 0 Å². The molecule has 1 heterocycles. The van der Waals surface area contributed by atoms with E-state index in [4.69, 9.17) is 0 Å². The van der Waals surface area contributed by atoms with Gasteiger partial charge < -0.3 is 10.6 Å². The standard InChI is InChI=1S/C17H36N2/c1-6-7-8-9-11-18-12-10-15-13-16(2,3)19-17(4,5)14-15/h15,18-19H,6-14H2,1-5H3. The molecular formula is C17H36N2. The van der Waals surface area contributed by atoms with E-state index in [1.807, 2.05) is 0 Å². The van der Waals surface area contributed by atoms with Crippen LogP contribution in [-0.4, -0.2) is 24.2 Å². The Bertz CT molecular complexity index is 230. The van der Waals surface area contributed by atoms with E-state index in [1.54, 1.807) is 0 Å². The van der Waals surface area contributed by atoms with Crippen molar-refractivity contribution in [1.82, 2.24) is 10.6 Å². The Hall–Kier alpha value is -0.0800. The van der Waals surface area contributed by atoms with Gasteiger partial charge in [-0.15, -0.1) is 0 Å². The van der Waals surface area contributed by atoms with Gasteiger partial charge in [-0.2, -0.15) is 0 Å². The van der Waals surface area contributed by atoms with Crippen molar-refractivity contribution >= 4 is 0 Å². The van der Waals surface area contributed by atoms with Gasteiger partial charge in [0.15, 0.2) is 0 Å². The number of rotatable bonds is 8. The summed E-state index contributed by atoms with van der Waals surface area (Å²) in [5.41, 5.74) is 0.598. The minimum absolute atomic E-state index is 0.299. The summed E-state index contributed by atoms with van der Waals surface area (Å²) >= 11 is 0. The van der Waals surface area contributed by atoms with Crippen molar-refractivity contribution in [2.24, 2.45) is 5.92 Å². The van der Waals surface area contributed by atoms with Crippen LogP contribution in [-0.2, 0) is 0 Å². The molecule has 0 unspecified atom stereocenters. The molecule has 0 aliphatic carbocycles. The molecule has 0 bridgehead atoms. The highest BCUT2D eigenvalue weighted by atomic mass is 15.0. The van der Waals surface area contributed by atoms with Crippen molar-refractivity contribution in [3.05, 3.63) is 0 Å². The van der Waals surface area contributed by atoms with E-state index < -0.39 is 0 Å². The molecule has 2 nitrogen and oxygen atoms in total. The Balaban J connectivity index is 2.15. The maximum atomic E-state index is 3.77. The molecule has 1 fully saturated rings.